The molecule has 0 aliphatic rings. The van der Waals surface area contributed by atoms with Crippen LogP contribution in [0.1, 0.15) is 17.5 Å². The molecule has 0 radical (unpaired) electrons. The Morgan fingerprint density at radius 3 is 2.58 bits per heavy atom. The second-order valence-corrected chi connectivity index (χ2v) is 4.43. The van der Waals surface area contributed by atoms with Crippen LogP contribution in [0.15, 0.2) is 48.5 Å². The number of nitrogens with two attached hydrogens (primary N) is 1. The summed E-state index contributed by atoms with van der Waals surface area (Å²) in [5.74, 6) is 0. The van der Waals surface area contributed by atoms with Gasteiger partial charge in [-0.1, -0.05) is 30.3 Å². The summed E-state index contributed by atoms with van der Waals surface area (Å²) in [5.41, 5.74) is 9.33. The number of nitriles is 1. The van der Waals surface area contributed by atoms with Crippen LogP contribution in [0.2, 0.25) is 0 Å². The summed E-state index contributed by atoms with van der Waals surface area (Å²) in [7, 11) is 0. The fraction of sp³-hybridized carbons (Fsp3) is 0.188. The van der Waals surface area contributed by atoms with Crippen molar-refractivity contribution in [2.24, 2.45) is 0 Å². The molecule has 0 heterocycles. The highest BCUT2D eigenvalue weighted by molar-refractivity contribution is 5.68. The molecule has 3 N–H and O–H groups in total. The highest BCUT2D eigenvalue weighted by Gasteiger charge is 2.00. The normalized spacial score (nSPS) is 9.84. The first-order chi connectivity index (χ1) is 9.29. The van der Waals surface area contributed by atoms with Gasteiger partial charge in [0.15, 0.2) is 0 Å². The Bertz CT molecular complexity index is 570. The predicted molar refractivity (Wildman–Crippen MR) is 78.8 cm³/mol. The van der Waals surface area contributed by atoms with E-state index in [1.807, 2.05) is 12.1 Å². The first-order valence-electron chi connectivity index (χ1n) is 6.37. The van der Waals surface area contributed by atoms with Crippen molar-refractivity contribution in [2.45, 2.75) is 12.8 Å². The summed E-state index contributed by atoms with van der Waals surface area (Å²) >= 11 is 0. The average Bonchev–Trinajstić information content (AvgIpc) is 2.46. The molecule has 0 saturated carbocycles. The molecule has 2 rings (SSSR count). The molecule has 2 aromatic rings. The standard InChI is InChI=1S/C16H17N3/c17-12-14-8-9-16(15(18)11-14)19-10-4-7-13-5-2-1-3-6-13/h1-3,5-6,8-9,11,19H,4,7,10,18H2. The summed E-state index contributed by atoms with van der Waals surface area (Å²) in [5, 5.41) is 12.1. The molecule has 3 heteroatoms. The van der Waals surface area contributed by atoms with E-state index in [2.05, 4.69) is 35.7 Å². The summed E-state index contributed by atoms with van der Waals surface area (Å²) in [6.45, 7) is 0.866. The minimum absolute atomic E-state index is 0.590. The van der Waals surface area contributed by atoms with Crippen LogP contribution in [-0.2, 0) is 6.42 Å². The number of rotatable bonds is 5. The largest absolute Gasteiger partial charge is 0.397 e. The van der Waals surface area contributed by atoms with E-state index in [4.69, 9.17) is 11.0 Å². The van der Waals surface area contributed by atoms with E-state index in [-0.39, 0.29) is 0 Å². The SMILES string of the molecule is N#Cc1ccc(NCCCc2ccccc2)c(N)c1. The van der Waals surface area contributed by atoms with E-state index in [0.717, 1.165) is 25.1 Å². The molecule has 0 bridgehead atoms. The Morgan fingerprint density at radius 1 is 1.11 bits per heavy atom. The molecular formula is C16H17N3. The first-order valence-corrected chi connectivity index (χ1v) is 6.37. The zero-order chi connectivity index (χ0) is 13.5. The summed E-state index contributed by atoms with van der Waals surface area (Å²) in [6.07, 6.45) is 2.09. The van der Waals surface area contributed by atoms with Crippen molar-refractivity contribution in [1.29, 1.82) is 5.26 Å². The number of hydrogen-bond donors (Lipinski definition) is 2. The molecule has 0 atom stereocenters. The number of anilines is 2. The molecule has 0 fully saturated rings. The second kappa shape index (κ2) is 6.46. The molecule has 0 aliphatic carbocycles. The fourth-order valence-electron chi connectivity index (χ4n) is 1.95. The van der Waals surface area contributed by atoms with Crippen LogP contribution in [0, 0.1) is 11.3 Å². The van der Waals surface area contributed by atoms with Gasteiger partial charge in [0.05, 0.1) is 23.0 Å². The van der Waals surface area contributed by atoms with Gasteiger partial charge in [0, 0.05) is 6.54 Å². The number of nitrogen functional groups attached to an aromatic ring is 1. The maximum absolute atomic E-state index is 8.77. The third-order valence-corrected chi connectivity index (χ3v) is 2.98. The summed E-state index contributed by atoms with van der Waals surface area (Å²) in [4.78, 5) is 0. The molecule has 3 nitrogen and oxygen atoms in total. The lowest BCUT2D eigenvalue weighted by molar-refractivity contribution is 0.863. The predicted octanol–water partition coefficient (Wildman–Crippen LogP) is 3.19. The zero-order valence-electron chi connectivity index (χ0n) is 10.8. The van der Waals surface area contributed by atoms with E-state index >= 15 is 0 Å². The summed E-state index contributed by atoms with van der Waals surface area (Å²) < 4.78 is 0. The lowest BCUT2D eigenvalue weighted by Gasteiger charge is -2.09. The Morgan fingerprint density at radius 2 is 1.89 bits per heavy atom. The lowest BCUT2D eigenvalue weighted by Crippen LogP contribution is -2.05. The van der Waals surface area contributed by atoms with Gasteiger partial charge in [0.1, 0.15) is 0 Å². The van der Waals surface area contributed by atoms with E-state index in [0.29, 0.717) is 11.3 Å². The van der Waals surface area contributed by atoms with Gasteiger partial charge in [-0.25, -0.2) is 0 Å². The number of nitrogens with zero attached hydrogens (tertiary/aromatic N) is 1. The first kappa shape index (κ1) is 13.0. The van der Waals surface area contributed by atoms with E-state index in [1.165, 1.54) is 5.56 Å². The third kappa shape index (κ3) is 3.75. The van der Waals surface area contributed by atoms with Crippen LogP contribution in [0.5, 0.6) is 0 Å². The van der Waals surface area contributed by atoms with Crippen LogP contribution in [-0.4, -0.2) is 6.54 Å². The lowest BCUT2D eigenvalue weighted by atomic mass is 10.1. The van der Waals surface area contributed by atoms with Crippen molar-refractivity contribution in [3.63, 3.8) is 0 Å². The Labute approximate surface area is 113 Å². The molecule has 0 aliphatic heterocycles. The Hall–Kier alpha value is -2.47. The molecular weight excluding hydrogens is 234 g/mol. The number of aryl methyl sites for hydroxylation is 1. The van der Waals surface area contributed by atoms with E-state index in [1.54, 1.807) is 12.1 Å². The van der Waals surface area contributed by atoms with Crippen LogP contribution >= 0.6 is 0 Å². The van der Waals surface area contributed by atoms with Gasteiger partial charge in [0.2, 0.25) is 0 Å². The molecule has 2 aromatic carbocycles. The smallest absolute Gasteiger partial charge is 0.0992 e. The fourth-order valence-corrected chi connectivity index (χ4v) is 1.95. The molecule has 0 spiro atoms. The number of benzene rings is 2. The molecule has 0 saturated heterocycles. The number of hydrogen-bond acceptors (Lipinski definition) is 3. The molecule has 0 unspecified atom stereocenters. The Kier molecular flexibility index (Phi) is 4.41. The maximum Gasteiger partial charge on any atom is 0.0992 e. The third-order valence-electron chi connectivity index (χ3n) is 2.98. The van der Waals surface area contributed by atoms with E-state index < -0.39 is 0 Å². The monoisotopic (exact) mass is 251 g/mol. The molecule has 0 amide bonds. The van der Waals surface area contributed by atoms with Crippen LogP contribution in [0.25, 0.3) is 0 Å². The van der Waals surface area contributed by atoms with Gasteiger partial charge in [-0.15, -0.1) is 0 Å². The van der Waals surface area contributed by atoms with Gasteiger partial charge < -0.3 is 11.1 Å². The summed E-state index contributed by atoms with van der Waals surface area (Å²) in [6, 6.07) is 17.8. The highest BCUT2D eigenvalue weighted by Crippen LogP contribution is 2.19. The van der Waals surface area contributed by atoms with Crippen molar-refractivity contribution in [1.82, 2.24) is 0 Å². The van der Waals surface area contributed by atoms with Gasteiger partial charge in [0.25, 0.3) is 0 Å². The highest BCUT2D eigenvalue weighted by atomic mass is 14.9. The van der Waals surface area contributed by atoms with Gasteiger partial charge >= 0.3 is 0 Å². The molecule has 0 aromatic heterocycles. The second-order valence-electron chi connectivity index (χ2n) is 4.43. The quantitative estimate of drug-likeness (QED) is 0.633. The van der Waals surface area contributed by atoms with Crippen molar-refractivity contribution < 1.29 is 0 Å². The molecule has 19 heavy (non-hydrogen) atoms. The van der Waals surface area contributed by atoms with Crippen LogP contribution < -0.4 is 11.1 Å². The zero-order valence-corrected chi connectivity index (χ0v) is 10.8. The van der Waals surface area contributed by atoms with Gasteiger partial charge in [-0.05, 0) is 36.6 Å². The molecule has 96 valence electrons. The van der Waals surface area contributed by atoms with Gasteiger partial charge in [-0.3, -0.25) is 0 Å². The minimum Gasteiger partial charge on any atom is -0.397 e. The topological polar surface area (TPSA) is 61.8 Å². The van der Waals surface area contributed by atoms with E-state index in [9.17, 15) is 0 Å². The maximum atomic E-state index is 8.77. The van der Waals surface area contributed by atoms with Crippen molar-refractivity contribution >= 4 is 11.4 Å². The van der Waals surface area contributed by atoms with Gasteiger partial charge in [-0.2, -0.15) is 5.26 Å². The number of nitrogens with one attached hydrogen (secondary N) is 1. The Balaban J connectivity index is 1.82. The van der Waals surface area contributed by atoms with Crippen molar-refractivity contribution in [2.75, 3.05) is 17.6 Å². The van der Waals surface area contributed by atoms with Crippen LogP contribution in [0.3, 0.4) is 0 Å². The van der Waals surface area contributed by atoms with Crippen LogP contribution in [0.4, 0.5) is 11.4 Å². The van der Waals surface area contributed by atoms with Crippen molar-refractivity contribution in [3.8, 4) is 6.07 Å². The minimum atomic E-state index is 0.590. The van der Waals surface area contributed by atoms with Crippen molar-refractivity contribution in [3.05, 3.63) is 59.7 Å². The average molecular weight is 251 g/mol.